The van der Waals surface area contributed by atoms with Crippen molar-refractivity contribution in [2.45, 2.75) is 50.6 Å². The van der Waals surface area contributed by atoms with Gasteiger partial charge in [-0.25, -0.2) is 14.5 Å². The molecule has 2 N–H and O–H groups in total. The van der Waals surface area contributed by atoms with Crippen molar-refractivity contribution in [1.29, 1.82) is 0 Å². The lowest BCUT2D eigenvalue weighted by molar-refractivity contribution is -0.130. The highest BCUT2D eigenvalue weighted by atomic mass is 16.2. The zero-order chi connectivity index (χ0) is 20.8. The van der Waals surface area contributed by atoms with Crippen LogP contribution in [-0.4, -0.2) is 59.0 Å². The SMILES string of the molecule is O=C1CCCN1C1CCC(Nc2ncc3c(-c4ccc5ncnn5c4)c[nH]c3n2)CC1. The number of rotatable bonds is 4. The molecule has 0 unspecified atom stereocenters. The Bertz CT molecular complexity index is 1250. The van der Waals surface area contributed by atoms with Crippen LogP contribution >= 0.6 is 0 Å². The molecule has 1 saturated carbocycles. The Balaban J connectivity index is 1.16. The van der Waals surface area contributed by atoms with Crippen LogP contribution in [0.5, 0.6) is 0 Å². The van der Waals surface area contributed by atoms with Gasteiger partial charge in [0.15, 0.2) is 5.65 Å². The number of fused-ring (bicyclic) bond motifs is 2. The van der Waals surface area contributed by atoms with E-state index in [1.54, 1.807) is 10.8 Å². The predicted molar refractivity (Wildman–Crippen MR) is 116 cm³/mol. The van der Waals surface area contributed by atoms with Crippen molar-refractivity contribution in [3.8, 4) is 11.1 Å². The molecule has 0 atom stereocenters. The maximum Gasteiger partial charge on any atom is 0.224 e. The van der Waals surface area contributed by atoms with Crippen molar-refractivity contribution >= 4 is 28.5 Å². The molecule has 0 bridgehead atoms. The summed E-state index contributed by atoms with van der Waals surface area (Å²) in [7, 11) is 0. The second-order valence-corrected chi connectivity index (χ2v) is 8.48. The summed E-state index contributed by atoms with van der Waals surface area (Å²) in [6, 6.07) is 4.73. The Morgan fingerprint density at radius 1 is 1.13 bits per heavy atom. The molecule has 1 aliphatic carbocycles. The molecular formula is C22H24N8O. The number of nitrogens with zero attached hydrogens (tertiary/aromatic N) is 6. The maximum atomic E-state index is 12.0. The lowest BCUT2D eigenvalue weighted by atomic mass is 9.90. The molecule has 2 fully saturated rings. The fourth-order valence-corrected chi connectivity index (χ4v) is 4.96. The standard InChI is InChI=1S/C22H24N8O/c31-20-2-1-9-29(20)16-6-4-15(5-7-16)27-22-24-11-18-17(10-23-21(18)28-22)14-3-8-19-25-13-26-30(19)12-14/h3,8,10-13,15-16H,1-2,4-7,9H2,(H2,23,24,27,28). The average Bonchev–Trinajstić information content (AvgIpc) is 3.53. The number of anilines is 1. The first-order chi connectivity index (χ1) is 15.2. The van der Waals surface area contributed by atoms with Crippen molar-refractivity contribution in [3.05, 3.63) is 37.1 Å². The van der Waals surface area contributed by atoms with E-state index in [0.29, 0.717) is 23.9 Å². The molecule has 9 heteroatoms. The van der Waals surface area contributed by atoms with E-state index in [9.17, 15) is 4.79 Å². The molecule has 9 nitrogen and oxygen atoms in total. The molecule has 0 aromatic carbocycles. The van der Waals surface area contributed by atoms with Crippen molar-refractivity contribution in [1.82, 2.24) is 34.4 Å². The van der Waals surface area contributed by atoms with Crippen molar-refractivity contribution in [2.24, 2.45) is 0 Å². The Morgan fingerprint density at radius 2 is 2.03 bits per heavy atom. The number of likely N-dealkylation sites (tertiary alicyclic amines) is 1. The van der Waals surface area contributed by atoms with Gasteiger partial charge in [0.2, 0.25) is 11.9 Å². The zero-order valence-corrected chi connectivity index (χ0v) is 17.2. The molecule has 2 aliphatic rings. The third kappa shape index (κ3) is 3.30. The summed E-state index contributed by atoms with van der Waals surface area (Å²) in [4.78, 5) is 30.8. The van der Waals surface area contributed by atoms with Crippen LogP contribution in [0, 0.1) is 0 Å². The lowest BCUT2D eigenvalue weighted by Crippen LogP contribution is -2.41. The summed E-state index contributed by atoms with van der Waals surface area (Å²) in [5.41, 5.74) is 3.69. The Labute approximate surface area is 178 Å². The highest BCUT2D eigenvalue weighted by molar-refractivity contribution is 5.93. The minimum Gasteiger partial charge on any atom is -0.351 e. The zero-order valence-electron chi connectivity index (χ0n) is 17.2. The van der Waals surface area contributed by atoms with Gasteiger partial charge < -0.3 is 15.2 Å². The second-order valence-electron chi connectivity index (χ2n) is 8.48. The van der Waals surface area contributed by atoms with Crippen molar-refractivity contribution < 1.29 is 4.79 Å². The third-order valence-electron chi connectivity index (χ3n) is 6.60. The molecule has 0 radical (unpaired) electrons. The van der Waals surface area contributed by atoms with Crippen LogP contribution in [0.1, 0.15) is 38.5 Å². The topological polar surface area (TPSA) is 104 Å². The number of carbonyl (C=O) groups is 1. The number of hydrogen-bond acceptors (Lipinski definition) is 6. The van der Waals surface area contributed by atoms with Crippen LogP contribution in [0.15, 0.2) is 37.1 Å². The summed E-state index contributed by atoms with van der Waals surface area (Å²) in [5.74, 6) is 0.976. The number of carbonyl (C=O) groups excluding carboxylic acids is 1. The summed E-state index contributed by atoms with van der Waals surface area (Å²) >= 11 is 0. The maximum absolute atomic E-state index is 12.0. The van der Waals surface area contributed by atoms with Crippen LogP contribution in [0.2, 0.25) is 0 Å². The van der Waals surface area contributed by atoms with Gasteiger partial charge in [0.1, 0.15) is 12.0 Å². The molecule has 5 heterocycles. The normalized spacial score (nSPS) is 21.9. The number of hydrogen-bond donors (Lipinski definition) is 2. The second kappa shape index (κ2) is 7.33. The molecule has 4 aromatic heterocycles. The molecule has 158 valence electrons. The van der Waals surface area contributed by atoms with Gasteiger partial charge in [0, 0.05) is 60.2 Å². The highest BCUT2D eigenvalue weighted by Gasteiger charge is 2.31. The smallest absolute Gasteiger partial charge is 0.224 e. The third-order valence-corrected chi connectivity index (χ3v) is 6.60. The molecule has 1 aliphatic heterocycles. The van der Waals surface area contributed by atoms with Crippen LogP contribution < -0.4 is 5.32 Å². The van der Waals surface area contributed by atoms with Gasteiger partial charge in [0.25, 0.3) is 0 Å². The first-order valence-electron chi connectivity index (χ1n) is 10.9. The van der Waals surface area contributed by atoms with Crippen LogP contribution in [0.3, 0.4) is 0 Å². The van der Waals surface area contributed by atoms with E-state index in [-0.39, 0.29) is 0 Å². The van der Waals surface area contributed by atoms with Crippen LogP contribution in [0.25, 0.3) is 27.8 Å². The first kappa shape index (κ1) is 18.3. The van der Waals surface area contributed by atoms with Gasteiger partial charge in [-0.15, -0.1) is 0 Å². The Kier molecular flexibility index (Phi) is 4.33. The number of H-pyrrole nitrogens is 1. The minimum absolute atomic E-state index is 0.329. The number of amides is 1. The van der Waals surface area contributed by atoms with Crippen molar-refractivity contribution in [2.75, 3.05) is 11.9 Å². The fraction of sp³-hybridized carbons (Fsp3) is 0.409. The summed E-state index contributed by atoms with van der Waals surface area (Å²) < 4.78 is 1.76. The quantitative estimate of drug-likeness (QED) is 0.530. The highest BCUT2D eigenvalue weighted by Crippen LogP contribution is 2.30. The van der Waals surface area contributed by atoms with E-state index in [4.69, 9.17) is 4.98 Å². The Morgan fingerprint density at radius 3 is 2.87 bits per heavy atom. The molecule has 4 aromatic rings. The number of aromatic nitrogens is 6. The van der Waals surface area contributed by atoms with Gasteiger partial charge in [-0.3, -0.25) is 4.79 Å². The van der Waals surface area contributed by atoms with E-state index in [2.05, 4.69) is 30.3 Å². The van der Waals surface area contributed by atoms with E-state index in [0.717, 1.165) is 72.9 Å². The predicted octanol–water partition coefficient (Wildman–Crippen LogP) is 3.01. The largest absolute Gasteiger partial charge is 0.351 e. The monoisotopic (exact) mass is 416 g/mol. The summed E-state index contributed by atoms with van der Waals surface area (Å²) in [6.07, 6.45) is 13.2. The van der Waals surface area contributed by atoms with E-state index >= 15 is 0 Å². The number of nitrogens with one attached hydrogen (secondary N) is 2. The molecule has 1 amide bonds. The van der Waals surface area contributed by atoms with Gasteiger partial charge >= 0.3 is 0 Å². The molecule has 6 rings (SSSR count). The lowest BCUT2D eigenvalue weighted by Gasteiger charge is -2.34. The van der Waals surface area contributed by atoms with E-state index in [1.807, 2.05) is 30.7 Å². The van der Waals surface area contributed by atoms with Crippen molar-refractivity contribution in [3.63, 3.8) is 0 Å². The minimum atomic E-state index is 0.329. The van der Waals surface area contributed by atoms with Gasteiger partial charge in [-0.2, -0.15) is 10.1 Å². The molecular weight excluding hydrogens is 392 g/mol. The number of aromatic amines is 1. The average molecular weight is 416 g/mol. The first-order valence-corrected chi connectivity index (χ1v) is 10.9. The van der Waals surface area contributed by atoms with E-state index in [1.165, 1.54) is 0 Å². The summed E-state index contributed by atoms with van der Waals surface area (Å²) in [5, 5.41) is 8.69. The summed E-state index contributed by atoms with van der Waals surface area (Å²) in [6.45, 7) is 0.931. The van der Waals surface area contributed by atoms with Gasteiger partial charge in [0.05, 0.1) is 0 Å². The molecule has 0 spiro atoms. The molecule has 1 saturated heterocycles. The fourth-order valence-electron chi connectivity index (χ4n) is 4.96. The number of pyridine rings is 1. The van der Waals surface area contributed by atoms with Crippen LogP contribution in [0.4, 0.5) is 5.95 Å². The van der Waals surface area contributed by atoms with Gasteiger partial charge in [-0.05, 0) is 44.2 Å². The molecule has 31 heavy (non-hydrogen) atoms. The van der Waals surface area contributed by atoms with Crippen LogP contribution in [-0.2, 0) is 4.79 Å². The van der Waals surface area contributed by atoms with E-state index < -0.39 is 0 Å². The Hall–Kier alpha value is -3.49. The van der Waals surface area contributed by atoms with Gasteiger partial charge in [-0.1, -0.05) is 0 Å².